The van der Waals surface area contributed by atoms with Crippen LogP contribution in [-0.2, 0) is 13.6 Å². The first-order chi connectivity index (χ1) is 14.3. The Hall–Kier alpha value is -3.63. The van der Waals surface area contributed by atoms with Gasteiger partial charge in [0.2, 0.25) is 5.88 Å². The highest BCUT2D eigenvalue weighted by Gasteiger charge is 2.29. The van der Waals surface area contributed by atoms with E-state index in [0.29, 0.717) is 23.7 Å². The number of hydrogen-bond donors (Lipinski definition) is 1. The van der Waals surface area contributed by atoms with E-state index in [0.717, 1.165) is 16.5 Å². The van der Waals surface area contributed by atoms with Gasteiger partial charge >= 0.3 is 6.18 Å². The summed E-state index contributed by atoms with van der Waals surface area (Å²) in [7, 11) is 1.83. The topological polar surface area (TPSA) is 82.7 Å². The standard InChI is InChI=1S/C19H18F3N7O/c1-12-7-13(8-24-18(12)30-11-19(20,21)22)9-29-10-14-15(26-29)3-5-23-17(14)25-16-4-6-28(2)27-16/h3-8,10H,9,11H2,1-2H3,(H,23,25,27). The van der Waals surface area contributed by atoms with Gasteiger partial charge in [0.1, 0.15) is 5.82 Å². The number of nitrogens with zero attached hydrogens (tertiary/aromatic N) is 6. The minimum absolute atomic E-state index is 0.0345. The Kier molecular flexibility index (Phi) is 5.02. The molecule has 0 aliphatic carbocycles. The van der Waals surface area contributed by atoms with E-state index in [1.807, 2.05) is 25.5 Å². The minimum atomic E-state index is -4.41. The molecule has 30 heavy (non-hydrogen) atoms. The van der Waals surface area contributed by atoms with Crippen LogP contribution in [0.3, 0.4) is 0 Å². The van der Waals surface area contributed by atoms with Gasteiger partial charge in [0.25, 0.3) is 0 Å². The Balaban J connectivity index is 1.53. The molecule has 4 aromatic rings. The van der Waals surface area contributed by atoms with E-state index in [2.05, 4.69) is 25.5 Å². The van der Waals surface area contributed by atoms with Crippen LogP contribution in [0.25, 0.3) is 10.9 Å². The lowest BCUT2D eigenvalue weighted by molar-refractivity contribution is -0.154. The number of hydrogen-bond acceptors (Lipinski definition) is 6. The van der Waals surface area contributed by atoms with Crippen molar-refractivity contribution in [2.45, 2.75) is 19.6 Å². The second kappa shape index (κ2) is 7.65. The lowest BCUT2D eigenvalue weighted by Gasteiger charge is -2.11. The number of halogens is 3. The van der Waals surface area contributed by atoms with Crippen LogP contribution in [0, 0.1) is 6.92 Å². The third kappa shape index (κ3) is 4.50. The van der Waals surface area contributed by atoms with E-state index in [4.69, 9.17) is 4.74 Å². The molecule has 0 spiro atoms. The predicted octanol–water partition coefficient (Wildman–Crippen LogP) is 3.60. The van der Waals surface area contributed by atoms with Crippen molar-refractivity contribution in [1.82, 2.24) is 29.5 Å². The van der Waals surface area contributed by atoms with Gasteiger partial charge in [0.15, 0.2) is 12.4 Å². The van der Waals surface area contributed by atoms with Crippen LogP contribution in [0.2, 0.25) is 0 Å². The average molecular weight is 417 g/mol. The van der Waals surface area contributed by atoms with Gasteiger partial charge in [-0.15, -0.1) is 0 Å². The number of aryl methyl sites for hydroxylation is 2. The lowest BCUT2D eigenvalue weighted by atomic mass is 10.2. The van der Waals surface area contributed by atoms with Crippen LogP contribution in [0.4, 0.5) is 24.8 Å². The van der Waals surface area contributed by atoms with Crippen LogP contribution in [0.15, 0.2) is 43.0 Å². The second-order valence-electron chi connectivity index (χ2n) is 6.79. The molecule has 0 aromatic carbocycles. The molecule has 4 aromatic heterocycles. The summed E-state index contributed by atoms with van der Waals surface area (Å²) in [6.45, 7) is 0.676. The van der Waals surface area contributed by atoms with Crippen molar-refractivity contribution >= 4 is 22.5 Å². The maximum atomic E-state index is 12.3. The van der Waals surface area contributed by atoms with Crippen LogP contribution in [0.1, 0.15) is 11.1 Å². The first-order valence-electron chi connectivity index (χ1n) is 9.01. The van der Waals surface area contributed by atoms with Gasteiger partial charge in [0.05, 0.1) is 17.4 Å². The molecule has 156 valence electrons. The van der Waals surface area contributed by atoms with E-state index in [-0.39, 0.29) is 5.88 Å². The molecule has 0 saturated carbocycles. The Morgan fingerprint density at radius 3 is 2.70 bits per heavy atom. The molecule has 0 bridgehead atoms. The number of aromatic nitrogens is 6. The van der Waals surface area contributed by atoms with Crippen LogP contribution in [0.5, 0.6) is 5.88 Å². The average Bonchev–Trinajstić information content (AvgIpc) is 3.26. The molecule has 0 amide bonds. The summed E-state index contributed by atoms with van der Waals surface area (Å²) in [6.07, 6.45) is 2.40. The molecule has 1 N–H and O–H groups in total. The fraction of sp³-hybridized carbons (Fsp3) is 0.263. The smallest absolute Gasteiger partial charge is 0.422 e. The molecule has 0 unspecified atom stereocenters. The van der Waals surface area contributed by atoms with E-state index >= 15 is 0 Å². The second-order valence-corrected chi connectivity index (χ2v) is 6.79. The van der Waals surface area contributed by atoms with Gasteiger partial charge in [-0.05, 0) is 24.6 Å². The number of alkyl halides is 3. The van der Waals surface area contributed by atoms with Gasteiger partial charge in [-0.25, -0.2) is 9.97 Å². The summed E-state index contributed by atoms with van der Waals surface area (Å²) < 4.78 is 45.2. The molecule has 4 heterocycles. The lowest BCUT2D eigenvalue weighted by Crippen LogP contribution is -2.20. The number of rotatable bonds is 6. The van der Waals surface area contributed by atoms with Gasteiger partial charge in [-0.1, -0.05) is 0 Å². The van der Waals surface area contributed by atoms with E-state index in [1.54, 1.807) is 34.6 Å². The van der Waals surface area contributed by atoms with Crippen molar-refractivity contribution in [3.05, 3.63) is 54.1 Å². The first kappa shape index (κ1) is 19.7. The third-order valence-electron chi connectivity index (χ3n) is 4.25. The highest BCUT2D eigenvalue weighted by molar-refractivity contribution is 5.90. The number of pyridine rings is 2. The SMILES string of the molecule is Cc1cc(Cn2cc3c(Nc4ccn(C)n4)nccc3n2)cnc1OCC(F)(F)F. The van der Waals surface area contributed by atoms with E-state index in [1.165, 1.54) is 6.20 Å². The maximum absolute atomic E-state index is 12.3. The summed E-state index contributed by atoms with van der Waals surface area (Å²) in [4.78, 5) is 8.37. The highest BCUT2D eigenvalue weighted by Crippen LogP contribution is 2.24. The van der Waals surface area contributed by atoms with E-state index < -0.39 is 12.8 Å². The molecule has 4 rings (SSSR count). The molecular formula is C19H18F3N7O. The highest BCUT2D eigenvalue weighted by atomic mass is 19.4. The minimum Gasteiger partial charge on any atom is -0.468 e. The quantitative estimate of drug-likeness (QED) is 0.516. The zero-order chi connectivity index (χ0) is 21.3. The zero-order valence-electron chi connectivity index (χ0n) is 16.2. The zero-order valence-corrected chi connectivity index (χ0v) is 16.2. The maximum Gasteiger partial charge on any atom is 0.422 e. The Bertz CT molecular complexity index is 1180. The molecule has 0 aliphatic heterocycles. The molecule has 0 saturated heterocycles. The Labute approximate surface area is 169 Å². The van der Waals surface area contributed by atoms with E-state index in [9.17, 15) is 13.2 Å². The molecular weight excluding hydrogens is 399 g/mol. The van der Waals surface area contributed by atoms with Crippen molar-refractivity contribution in [3.8, 4) is 5.88 Å². The van der Waals surface area contributed by atoms with Crippen LogP contribution >= 0.6 is 0 Å². The number of fused-ring (bicyclic) bond motifs is 1. The molecule has 0 aliphatic rings. The number of anilines is 2. The van der Waals surface area contributed by atoms with Crippen molar-refractivity contribution in [2.75, 3.05) is 11.9 Å². The molecule has 0 fully saturated rings. The first-order valence-corrected chi connectivity index (χ1v) is 9.01. The Morgan fingerprint density at radius 2 is 2.00 bits per heavy atom. The largest absolute Gasteiger partial charge is 0.468 e. The normalized spacial score (nSPS) is 11.8. The summed E-state index contributed by atoms with van der Waals surface area (Å²) in [5.41, 5.74) is 2.05. The monoisotopic (exact) mass is 417 g/mol. The van der Waals surface area contributed by atoms with Gasteiger partial charge in [-0.2, -0.15) is 23.4 Å². The van der Waals surface area contributed by atoms with Crippen molar-refractivity contribution in [3.63, 3.8) is 0 Å². The van der Waals surface area contributed by atoms with Crippen molar-refractivity contribution < 1.29 is 17.9 Å². The predicted molar refractivity (Wildman–Crippen MR) is 104 cm³/mol. The molecule has 0 radical (unpaired) electrons. The van der Waals surface area contributed by atoms with Crippen molar-refractivity contribution in [2.24, 2.45) is 7.05 Å². The molecule has 11 heteroatoms. The summed E-state index contributed by atoms with van der Waals surface area (Å²) in [6, 6.07) is 5.37. The Morgan fingerprint density at radius 1 is 1.17 bits per heavy atom. The number of ether oxygens (including phenoxy) is 1. The number of nitrogens with one attached hydrogen (secondary N) is 1. The fourth-order valence-electron chi connectivity index (χ4n) is 2.97. The fourth-order valence-corrected chi connectivity index (χ4v) is 2.97. The van der Waals surface area contributed by atoms with Gasteiger partial charge < -0.3 is 10.1 Å². The van der Waals surface area contributed by atoms with Gasteiger partial charge in [0, 0.05) is 43.5 Å². The van der Waals surface area contributed by atoms with Gasteiger partial charge in [-0.3, -0.25) is 9.36 Å². The summed E-state index contributed by atoms with van der Waals surface area (Å²) in [5, 5.41) is 12.8. The molecule has 0 atom stereocenters. The van der Waals surface area contributed by atoms with Crippen LogP contribution < -0.4 is 10.1 Å². The summed E-state index contributed by atoms with van der Waals surface area (Å²) in [5.74, 6) is 1.26. The van der Waals surface area contributed by atoms with Crippen LogP contribution in [-0.4, -0.2) is 42.3 Å². The molecule has 8 nitrogen and oxygen atoms in total. The summed E-state index contributed by atoms with van der Waals surface area (Å²) >= 11 is 0. The third-order valence-corrected chi connectivity index (χ3v) is 4.25. The van der Waals surface area contributed by atoms with Crippen molar-refractivity contribution in [1.29, 1.82) is 0 Å².